The van der Waals surface area contributed by atoms with E-state index in [9.17, 15) is 9.59 Å². The highest BCUT2D eigenvalue weighted by atomic mass is 16.6. The normalized spacial score (nSPS) is 12.6. The average molecular weight is 350 g/mol. The molecule has 1 heterocycles. The number of aromatic nitrogens is 2. The number of unbranched alkanes of at least 4 members (excludes halogenated alkanes) is 5. The van der Waals surface area contributed by atoms with Crippen LogP contribution in [0.5, 0.6) is 0 Å². The quantitative estimate of drug-likeness (QED) is 0.594. The number of H-pyrrole nitrogens is 1. The van der Waals surface area contributed by atoms with Crippen molar-refractivity contribution in [3.8, 4) is 0 Å². The van der Waals surface area contributed by atoms with Crippen LogP contribution in [-0.2, 0) is 22.4 Å². The van der Waals surface area contributed by atoms with E-state index in [1.807, 2.05) is 6.29 Å². The zero-order valence-corrected chi connectivity index (χ0v) is 16.0. The number of carbonyl (C=O) groups excluding carboxylic acids is 2. The molecule has 6 nitrogen and oxygen atoms in total. The zero-order chi connectivity index (χ0) is 18.7. The molecule has 1 amide bonds. The van der Waals surface area contributed by atoms with Crippen LogP contribution in [-0.4, -0.2) is 34.0 Å². The summed E-state index contributed by atoms with van der Waals surface area (Å²) in [5.74, 6) is 0.924. The fraction of sp³-hybridized carbons (Fsp3) is 0.737. The maximum atomic E-state index is 11.7. The molecule has 25 heavy (non-hydrogen) atoms. The van der Waals surface area contributed by atoms with Gasteiger partial charge in [-0.25, -0.2) is 9.78 Å². The first kappa shape index (κ1) is 21.2. The molecule has 0 aliphatic carbocycles. The van der Waals surface area contributed by atoms with Crippen LogP contribution >= 0.6 is 0 Å². The summed E-state index contributed by atoms with van der Waals surface area (Å²) in [7, 11) is 0. The van der Waals surface area contributed by atoms with E-state index >= 15 is 0 Å². The number of amides is 1. The van der Waals surface area contributed by atoms with Gasteiger partial charge in [0.25, 0.3) is 0 Å². The molecule has 0 saturated heterocycles. The fourth-order valence-electron chi connectivity index (χ4n) is 2.49. The molecule has 0 fully saturated rings. The molecule has 1 aromatic heterocycles. The van der Waals surface area contributed by atoms with E-state index in [-0.39, 0.29) is 0 Å². The molecule has 0 aliphatic rings. The lowest BCUT2D eigenvalue weighted by molar-refractivity contribution is 0.0517. The monoisotopic (exact) mass is 350 g/mol. The van der Waals surface area contributed by atoms with Gasteiger partial charge >= 0.3 is 6.09 Å². The van der Waals surface area contributed by atoms with Gasteiger partial charge in [0.05, 0.1) is 5.69 Å². The number of aromatic amines is 1. The Morgan fingerprint density at radius 1 is 1.28 bits per heavy atom. The van der Waals surface area contributed by atoms with Gasteiger partial charge in [-0.1, -0.05) is 39.0 Å². The number of nitrogens with zero attached hydrogens (tertiary/aromatic N) is 1. The Labute approximate surface area is 151 Å². The molecule has 0 aromatic carbocycles. The van der Waals surface area contributed by atoms with Gasteiger partial charge in [-0.2, -0.15) is 0 Å². The van der Waals surface area contributed by atoms with Crippen LogP contribution in [0.3, 0.4) is 0 Å². The summed E-state index contributed by atoms with van der Waals surface area (Å²) in [5, 5.41) is 2.51. The maximum Gasteiger partial charge on any atom is 0.408 e. The molecule has 2 N–H and O–H groups in total. The summed E-state index contributed by atoms with van der Waals surface area (Å²) < 4.78 is 5.15. The van der Waals surface area contributed by atoms with Crippen LogP contribution in [0.1, 0.15) is 77.7 Å². The number of nitrogens with one attached hydrogen (secondary N) is 2. The Morgan fingerprint density at radius 3 is 2.60 bits per heavy atom. The number of hydrogen-bond acceptors (Lipinski definition) is 4. The lowest BCUT2D eigenvalue weighted by Crippen LogP contribution is -2.41. The van der Waals surface area contributed by atoms with Gasteiger partial charge in [-0.15, -0.1) is 0 Å². The van der Waals surface area contributed by atoms with Gasteiger partial charge in [0.15, 0.2) is 0 Å². The minimum atomic E-state index is -0.764. The highest BCUT2D eigenvalue weighted by molar-refractivity contribution is 5.73. The van der Waals surface area contributed by atoms with Crippen molar-refractivity contribution in [2.45, 2.75) is 90.7 Å². The first-order valence-electron chi connectivity index (χ1n) is 9.24. The van der Waals surface area contributed by atoms with E-state index in [0.29, 0.717) is 6.42 Å². The van der Waals surface area contributed by atoms with Crippen molar-refractivity contribution in [3.63, 3.8) is 0 Å². The Bertz CT molecular complexity index is 520. The van der Waals surface area contributed by atoms with Crippen LogP contribution in [0.2, 0.25) is 0 Å². The minimum Gasteiger partial charge on any atom is -0.444 e. The van der Waals surface area contributed by atoms with Crippen molar-refractivity contribution in [2.75, 3.05) is 0 Å². The van der Waals surface area contributed by atoms with Gasteiger partial charge in [-0.05, 0) is 27.2 Å². The number of hydrogen-bond donors (Lipinski definition) is 2. The summed E-state index contributed by atoms with van der Waals surface area (Å²) in [6.07, 6.45) is 11.6. The summed E-state index contributed by atoms with van der Waals surface area (Å²) in [6.45, 7) is 7.53. The molecular formula is C19H32N3O3. The molecule has 0 saturated carbocycles. The lowest BCUT2D eigenvalue weighted by Gasteiger charge is -2.21. The molecule has 0 spiro atoms. The summed E-state index contributed by atoms with van der Waals surface area (Å²) in [5.41, 5.74) is 0.138. The molecule has 1 rings (SSSR count). The Morgan fingerprint density at radius 2 is 1.96 bits per heavy atom. The Balaban J connectivity index is 2.36. The van der Waals surface area contributed by atoms with Crippen LogP contribution < -0.4 is 5.32 Å². The van der Waals surface area contributed by atoms with Gasteiger partial charge in [-0.3, -0.25) is 4.79 Å². The van der Waals surface area contributed by atoms with Crippen LogP contribution in [0.15, 0.2) is 6.20 Å². The molecule has 1 radical (unpaired) electrons. The molecule has 1 atom stereocenters. The van der Waals surface area contributed by atoms with E-state index < -0.39 is 17.7 Å². The maximum absolute atomic E-state index is 11.7. The lowest BCUT2D eigenvalue weighted by atomic mass is 10.1. The predicted molar refractivity (Wildman–Crippen MR) is 98.2 cm³/mol. The van der Waals surface area contributed by atoms with Crippen LogP contribution in [0.4, 0.5) is 4.79 Å². The van der Waals surface area contributed by atoms with Crippen molar-refractivity contribution in [1.82, 2.24) is 15.3 Å². The average Bonchev–Trinajstić information content (AvgIpc) is 2.95. The van der Waals surface area contributed by atoms with Gasteiger partial charge in [0, 0.05) is 19.0 Å². The van der Waals surface area contributed by atoms with Gasteiger partial charge < -0.3 is 15.0 Å². The molecular weight excluding hydrogens is 318 g/mol. The van der Waals surface area contributed by atoms with E-state index in [4.69, 9.17) is 4.74 Å². The molecule has 0 bridgehead atoms. The van der Waals surface area contributed by atoms with Crippen LogP contribution in [0.25, 0.3) is 0 Å². The molecule has 6 heteroatoms. The number of carbonyl (C=O) groups is 1. The van der Waals surface area contributed by atoms with Crippen molar-refractivity contribution in [1.29, 1.82) is 0 Å². The second kappa shape index (κ2) is 10.9. The van der Waals surface area contributed by atoms with Crippen molar-refractivity contribution in [2.24, 2.45) is 0 Å². The van der Waals surface area contributed by atoms with Crippen molar-refractivity contribution in [3.05, 3.63) is 17.7 Å². The molecule has 1 aromatic rings. The summed E-state index contributed by atoms with van der Waals surface area (Å²) >= 11 is 0. The standard InChI is InChI=1S/C19H32N3O3/c1-5-6-7-8-9-10-11-17-20-13-15(21-17)12-16(14-23)22-18(24)25-19(2,3)4/h13,16H,5-12H2,1-4H3,(H,20,21)(H,22,24). The minimum absolute atomic E-state index is 0.301. The second-order valence-corrected chi connectivity index (χ2v) is 7.38. The third-order valence-electron chi connectivity index (χ3n) is 3.70. The van der Waals surface area contributed by atoms with Gasteiger partial charge in [0.2, 0.25) is 6.29 Å². The van der Waals surface area contributed by atoms with Gasteiger partial charge in [0.1, 0.15) is 17.5 Å². The highest BCUT2D eigenvalue weighted by Gasteiger charge is 2.20. The Hall–Kier alpha value is -1.85. The number of imidazole rings is 1. The van der Waals surface area contributed by atoms with E-state index in [1.165, 1.54) is 32.1 Å². The van der Waals surface area contributed by atoms with E-state index in [0.717, 1.165) is 24.4 Å². The predicted octanol–water partition coefficient (Wildman–Crippen LogP) is 3.86. The largest absolute Gasteiger partial charge is 0.444 e. The van der Waals surface area contributed by atoms with Crippen molar-refractivity contribution < 1.29 is 14.3 Å². The number of aryl methyl sites for hydroxylation is 1. The fourth-order valence-corrected chi connectivity index (χ4v) is 2.49. The van der Waals surface area contributed by atoms with E-state index in [2.05, 4.69) is 22.2 Å². The number of ether oxygens (including phenoxy) is 1. The third-order valence-corrected chi connectivity index (χ3v) is 3.70. The highest BCUT2D eigenvalue weighted by Crippen LogP contribution is 2.10. The van der Waals surface area contributed by atoms with E-state index in [1.54, 1.807) is 27.0 Å². The molecule has 141 valence electrons. The third kappa shape index (κ3) is 9.89. The molecule has 0 aliphatic heterocycles. The summed E-state index contributed by atoms with van der Waals surface area (Å²) in [6, 6.07) is -0.764. The molecule has 1 unspecified atom stereocenters. The smallest absolute Gasteiger partial charge is 0.408 e. The van der Waals surface area contributed by atoms with Crippen LogP contribution in [0, 0.1) is 0 Å². The SMILES string of the molecule is CCCCCCCCc1nc(CC([C]=O)NC(=O)OC(C)(C)C)c[nH]1. The topological polar surface area (TPSA) is 84.1 Å². The number of rotatable bonds is 11. The van der Waals surface area contributed by atoms with Crippen molar-refractivity contribution >= 4 is 12.4 Å². The zero-order valence-electron chi connectivity index (χ0n) is 16.0. The number of alkyl carbamates (subject to hydrolysis) is 1. The summed E-state index contributed by atoms with van der Waals surface area (Å²) in [4.78, 5) is 30.4. The first-order chi connectivity index (χ1) is 11.8. The second-order valence-electron chi connectivity index (χ2n) is 7.38. The Kier molecular flexibility index (Phi) is 9.24. The first-order valence-corrected chi connectivity index (χ1v) is 9.24.